The standard InChI is InChI=1S/C28H30N6/c1-20-17-24(34-16-8-15-30-34)12-13-25(20)26-27-28(33(3)32-26)23(18-21(2)31-27)11-7-14-29-19-22-9-5-4-6-10-22/h4-6,8-10,12-13,15-18,29H,7,11,14,19H2,1-3H3. The van der Waals surface area contributed by atoms with Crippen molar-refractivity contribution >= 4 is 11.0 Å². The lowest BCUT2D eigenvalue weighted by atomic mass is 10.0. The van der Waals surface area contributed by atoms with Crippen LogP contribution in [-0.2, 0) is 20.0 Å². The zero-order chi connectivity index (χ0) is 23.5. The lowest BCUT2D eigenvalue weighted by Crippen LogP contribution is -2.15. The fourth-order valence-corrected chi connectivity index (χ4v) is 4.59. The van der Waals surface area contributed by atoms with Gasteiger partial charge in [0.05, 0.1) is 11.2 Å². The summed E-state index contributed by atoms with van der Waals surface area (Å²) < 4.78 is 3.87. The lowest BCUT2D eigenvalue weighted by molar-refractivity contribution is 0.649. The van der Waals surface area contributed by atoms with Crippen LogP contribution in [0.25, 0.3) is 28.0 Å². The molecule has 0 spiro atoms. The number of rotatable bonds is 8. The quantitative estimate of drug-likeness (QED) is 0.332. The number of aromatic nitrogens is 5. The van der Waals surface area contributed by atoms with Crippen molar-refractivity contribution in [3.63, 3.8) is 0 Å². The molecule has 1 N–H and O–H groups in total. The van der Waals surface area contributed by atoms with Gasteiger partial charge < -0.3 is 5.32 Å². The number of benzene rings is 2. The molecule has 0 aliphatic carbocycles. The Hall–Kier alpha value is -3.77. The molecule has 0 saturated heterocycles. The maximum Gasteiger partial charge on any atom is 0.119 e. The summed E-state index contributed by atoms with van der Waals surface area (Å²) in [6, 6.07) is 21.0. The first-order valence-electron chi connectivity index (χ1n) is 11.8. The van der Waals surface area contributed by atoms with Crippen LogP contribution in [0.2, 0.25) is 0 Å². The van der Waals surface area contributed by atoms with E-state index in [2.05, 4.69) is 78.9 Å². The molecule has 6 nitrogen and oxygen atoms in total. The summed E-state index contributed by atoms with van der Waals surface area (Å²) in [6.07, 6.45) is 5.79. The maximum absolute atomic E-state index is 4.92. The fraction of sp³-hybridized carbons (Fsp3) is 0.250. The van der Waals surface area contributed by atoms with Gasteiger partial charge in [0.2, 0.25) is 0 Å². The molecule has 5 rings (SSSR count). The average Bonchev–Trinajstić information content (AvgIpc) is 3.48. The van der Waals surface area contributed by atoms with Gasteiger partial charge in [-0.1, -0.05) is 36.4 Å². The first-order chi connectivity index (χ1) is 16.6. The molecule has 0 aliphatic rings. The van der Waals surface area contributed by atoms with Gasteiger partial charge in [-0.05, 0) is 74.2 Å². The number of fused-ring (bicyclic) bond motifs is 1. The third-order valence-corrected chi connectivity index (χ3v) is 6.20. The van der Waals surface area contributed by atoms with Crippen molar-refractivity contribution in [2.24, 2.45) is 7.05 Å². The van der Waals surface area contributed by atoms with Crippen LogP contribution in [0.15, 0.2) is 73.1 Å². The van der Waals surface area contributed by atoms with Gasteiger partial charge in [-0.3, -0.25) is 4.68 Å². The number of hydrogen-bond donors (Lipinski definition) is 1. The monoisotopic (exact) mass is 450 g/mol. The average molecular weight is 451 g/mol. The number of hydrogen-bond acceptors (Lipinski definition) is 4. The smallest absolute Gasteiger partial charge is 0.119 e. The van der Waals surface area contributed by atoms with Crippen LogP contribution in [-0.4, -0.2) is 31.1 Å². The highest BCUT2D eigenvalue weighted by Crippen LogP contribution is 2.32. The number of pyridine rings is 1. The molecule has 34 heavy (non-hydrogen) atoms. The molecular weight excluding hydrogens is 420 g/mol. The Kier molecular flexibility index (Phi) is 6.23. The lowest BCUT2D eigenvalue weighted by Gasteiger charge is -2.09. The van der Waals surface area contributed by atoms with Crippen LogP contribution < -0.4 is 5.32 Å². The van der Waals surface area contributed by atoms with E-state index in [1.165, 1.54) is 11.1 Å². The van der Waals surface area contributed by atoms with E-state index in [9.17, 15) is 0 Å². The van der Waals surface area contributed by atoms with Crippen LogP contribution in [0.3, 0.4) is 0 Å². The predicted octanol–water partition coefficient (Wildman–Crippen LogP) is 5.16. The second-order valence-electron chi connectivity index (χ2n) is 8.81. The number of nitrogens with one attached hydrogen (secondary N) is 1. The molecule has 3 aromatic heterocycles. The Morgan fingerprint density at radius 2 is 1.82 bits per heavy atom. The Morgan fingerprint density at radius 3 is 2.59 bits per heavy atom. The summed E-state index contributed by atoms with van der Waals surface area (Å²) in [5, 5.41) is 12.8. The van der Waals surface area contributed by atoms with Crippen molar-refractivity contribution in [2.75, 3.05) is 6.54 Å². The van der Waals surface area contributed by atoms with E-state index in [4.69, 9.17) is 10.1 Å². The van der Waals surface area contributed by atoms with Crippen molar-refractivity contribution in [2.45, 2.75) is 33.2 Å². The van der Waals surface area contributed by atoms with Gasteiger partial charge in [-0.25, -0.2) is 9.67 Å². The van der Waals surface area contributed by atoms with Crippen molar-refractivity contribution in [3.05, 3.63) is 95.4 Å². The largest absolute Gasteiger partial charge is 0.313 e. The zero-order valence-corrected chi connectivity index (χ0v) is 20.0. The van der Waals surface area contributed by atoms with Crippen LogP contribution in [0, 0.1) is 13.8 Å². The van der Waals surface area contributed by atoms with Crippen molar-refractivity contribution in [3.8, 4) is 16.9 Å². The van der Waals surface area contributed by atoms with Crippen LogP contribution in [0.1, 0.15) is 28.8 Å². The van der Waals surface area contributed by atoms with Crippen molar-refractivity contribution in [1.29, 1.82) is 0 Å². The maximum atomic E-state index is 4.92. The van der Waals surface area contributed by atoms with E-state index in [0.717, 1.165) is 65.2 Å². The van der Waals surface area contributed by atoms with Gasteiger partial charge >= 0.3 is 0 Å². The topological polar surface area (TPSA) is 60.6 Å². The van der Waals surface area contributed by atoms with Crippen LogP contribution in [0.4, 0.5) is 0 Å². The normalized spacial score (nSPS) is 11.4. The second kappa shape index (κ2) is 9.61. The molecular formula is C28H30N6. The number of nitrogens with zero attached hydrogens (tertiary/aromatic N) is 5. The molecule has 0 unspecified atom stereocenters. The van der Waals surface area contributed by atoms with Gasteiger partial charge in [0, 0.05) is 37.2 Å². The van der Waals surface area contributed by atoms with Gasteiger partial charge in [-0.2, -0.15) is 10.2 Å². The summed E-state index contributed by atoms with van der Waals surface area (Å²) in [5.41, 5.74) is 9.99. The summed E-state index contributed by atoms with van der Waals surface area (Å²) in [5.74, 6) is 0. The fourth-order valence-electron chi connectivity index (χ4n) is 4.59. The third kappa shape index (κ3) is 4.50. The predicted molar refractivity (Wildman–Crippen MR) is 137 cm³/mol. The molecule has 2 aromatic carbocycles. The minimum absolute atomic E-state index is 0.898. The Labute approximate surface area is 200 Å². The third-order valence-electron chi connectivity index (χ3n) is 6.20. The highest BCUT2D eigenvalue weighted by molar-refractivity contribution is 5.93. The molecule has 0 aliphatic heterocycles. The van der Waals surface area contributed by atoms with Gasteiger partial charge in [-0.15, -0.1) is 0 Å². The summed E-state index contributed by atoms with van der Waals surface area (Å²) in [6.45, 7) is 6.06. The van der Waals surface area contributed by atoms with Crippen LogP contribution in [0.5, 0.6) is 0 Å². The minimum atomic E-state index is 0.898. The van der Waals surface area contributed by atoms with E-state index in [1.54, 1.807) is 6.20 Å². The Morgan fingerprint density at radius 1 is 0.971 bits per heavy atom. The molecule has 0 radical (unpaired) electrons. The van der Waals surface area contributed by atoms with Gasteiger partial charge in [0.1, 0.15) is 11.2 Å². The van der Waals surface area contributed by atoms with E-state index < -0.39 is 0 Å². The Bertz CT molecular complexity index is 1400. The van der Waals surface area contributed by atoms with Crippen LogP contribution >= 0.6 is 0 Å². The highest BCUT2D eigenvalue weighted by Gasteiger charge is 2.18. The summed E-state index contributed by atoms with van der Waals surface area (Å²) >= 11 is 0. The van der Waals surface area contributed by atoms with Crippen molar-refractivity contribution in [1.82, 2.24) is 29.9 Å². The summed E-state index contributed by atoms with van der Waals surface area (Å²) in [7, 11) is 2.02. The minimum Gasteiger partial charge on any atom is -0.313 e. The Balaban J connectivity index is 1.38. The first-order valence-corrected chi connectivity index (χ1v) is 11.8. The highest BCUT2D eigenvalue weighted by atomic mass is 15.3. The zero-order valence-electron chi connectivity index (χ0n) is 20.0. The molecule has 5 aromatic rings. The molecule has 0 atom stereocenters. The van der Waals surface area contributed by atoms with Crippen molar-refractivity contribution < 1.29 is 0 Å². The summed E-state index contributed by atoms with van der Waals surface area (Å²) in [4.78, 5) is 4.91. The van der Waals surface area contributed by atoms with E-state index in [0.29, 0.717) is 0 Å². The first kappa shape index (κ1) is 22.0. The molecule has 0 fully saturated rings. The molecule has 0 saturated carbocycles. The molecule has 3 heterocycles. The van der Waals surface area contributed by atoms with E-state index in [-0.39, 0.29) is 0 Å². The van der Waals surface area contributed by atoms with Gasteiger partial charge in [0.25, 0.3) is 0 Å². The molecule has 6 heteroatoms. The molecule has 0 bridgehead atoms. The van der Waals surface area contributed by atoms with E-state index in [1.807, 2.05) is 28.7 Å². The molecule has 172 valence electrons. The molecule has 0 amide bonds. The van der Waals surface area contributed by atoms with E-state index >= 15 is 0 Å². The number of aryl methyl sites for hydroxylation is 4. The van der Waals surface area contributed by atoms with Gasteiger partial charge in [0.15, 0.2) is 0 Å². The second-order valence-corrected chi connectivity index (χ2v) is 8.81. The SMILES string of the molecule is Cc1cc(CCCNCc2ccccc2)c2c(n1)c(-c1ccc(-n3cccn3)cc1C)nn2C.